The van der Waals surface area contributed by atoms with Gasteiger partial charge in [0, 0.05) is 7.14 Å². The van der Waals surface area contributed by atoms with Crippen LogP contribution in [-0.4, -0.2) is 21.0 Å². The van der Waals surface area contributed by atoms with E-state index in [0.29, 0.717) is 5.52 Å². The Bertz CT molecular complexity index is 521. The summed E-state index contributed by atoms with van der Waals surface area (Å²) in [6, 6.07) is 3.83. The van der Waals surface area contributed by atoms with Crippen LogP contribution in [0.2, 0.25) is 0 Å². The Morgan fingerprint density at radius 1 is 1.43 bits per heavy atom. The van der Waals surface area contributed by atoms with Gasteiger partial charge in [-0.1, -0.05) is 0 Å². The molecule has 2 rings (SSSR count). The number of nitrogens with one attached hydrogen (secondary N) is 1. The predicted octanol–water partition coefficient (Wildman–Crippen LogP) is 2.47. The Morgan fingerprint density at radius 2 is 2.14 bits per heavy atom. The lowest BCUT2D eigenvalue weighted by atomic mass is 10.3. The summed E-state index contributed by atoms with van der Waals surface area (Å²) < 4.78 is 2.01. The third-order valence-electron chi connectivity index (χ3n) is 1.71. The van der Waals surface area contributed by atoms with Crippen molar-refractivity contribution in [3.8, 4) is 0 Å². The fourth-order valence-electron chi connectivity index (χ4n) is 1.14. The van der Waals surface area contributed by atoms with E-state index in [9.17, 15) is 4.79 Å². The Morgan fingerprint density at radius 3 is 2.79 bits per heavy atom. The number of rotatable bonds is 1. The molecular weight excluding hydrogens is 410 g/mol. The second-order valence-corrected chi connectivity index (χ2v) is 5.08. The molecule has 0 radical (unpaired) electrons. The van der Waals surface area contributed by atoms with E-state index in [1.807, 2.05) is 12.1 Å². The van der Waals surface area contributed by atoms with E-state index in [4.69, 9.17) is 5.11 Å². The Labute approximate surface area is 106 Å². The molecular formula is C8H4I2N2O2. The zero-order valence-corrected chi connectivity index (χ0v) is 11.0. The van der Waals surface area contributed by atoms with Crippen LogP contribution < -0.4 is 0 Å². The minimum atomic E-state index is -1.04. The smallest absolute Gasteiger partial charge is 0.371 e. The molecule has 14 heavy (non-hydrogen) atoms. The number of carbonyl (C=O) groups is 1. The molecule has 1 aromatic heterocycles. The van der Waals surface area contributed by atoms with Crippen molar-refractivity contribution in [3.63, 3.8) is 0 Å². The third-order valence-corrected chi connectivity index (χ3v) is 3.15. The number of H-pyrrole nitrogens is 1. The number of halogens is 2. The number of aromatic amines is 1. The third kappa shape index (κ3) is 1.72. The molecule has 0 fully saturated rings. The number of nitrogens with zero attached hydrogens (tertiary/aromatic N) is 1. The molecule has 0 saturated heterocycles. The highest BCUT2D eigenvalue weighted by Gasteiger charge is 2.11. The van der Waals surface area contributed by atoms with E-state index in [1.165, 1.54) is 0 Å². The maximum Gasteiger partial charge on any atom is 0.371 e. The zero-order valence-electron chi connectivity index (χ0n) is 6.71. The molecule has 0 aliphatic carbocycles. The summed E-state index contributed by atoms with van der Waals surface area (Å²) in [6.07, 6.45) is 0. The lowest BCUT2D eigenvalue weighted by Crippen LogP contribution is -1.97. The average Bonchev–Trinajstić information content (AvgIpc) is 2.47. The first-order valence-corrected chi connectivity index (χ1v) is 5.82. The van der Waals surface area contributed by atoms with Gasteiger partial charge in [-0.05, 0) is 57.3 Å². The predicted molar refractivity (Wildman–Crippen MR) is 68.5 cm³/mol. The summed E-state index contributed by atoms with van der Waals surface area (Å²) in [5.74, 6) is -1.05. The van der Waals surface area contributed by atoms with Crippen LogP contribution in [0.4, 0.5) is 0 Å². The number of benzene rings is 1. The first-order chi connectivity index (χ1) is 6.58. The van der Waals surface area contributed by atoms with Crippen molar-refractivity contribution in [2.45, 2.75) is 0 Å². The van der Waals surface area contributed by atoms with Gasteiger partial charge in [-0.15, -0.1) is 0 Å². The molecule has 0 spiro atoms. The van der Waals surface area contributed by atoms with Crippen molar-refractivity contribution in [1.82, 2.24) is 9.97 Å². The number of imidazole rings is 1. The van der Waals surface area contributed by atoms with Crippen LogP contribution in [0.1, 0.15) is 10.6 Å². The molecule has 6 heteroatoms. The van der Waals surface area contributed by atoms with Crippen molar-refractivity contribution >= 4 is 62.2 Å². The number of hydrogen-bond acceptors (Lipinski definition) is 2. The fraction of sp³-hybridized carbons (Fsp3) is 0. The van der Waals surface area contributed by atoms with E-state index in [0.717, 1.165) is 12.7 Å². The van der Waals surface area contributed by atoms with Crippen molar-refractivity contribution in [3.05, 3.63) is 25.1 Å². The first kappa shape index (κ1) is 10.1. The van der Waals surface area contributed by atoms with Crippen molar-refractivity contribution in [1.29, 1.82) is 0 Å². The maximum atomic E-state index is 10.7. The Hall–Kier alpha value is -0.380. The minimum absolute atomic E-state index is 0.0140. The Balaban J connectivity index is 2.76. The summed E-state index contributed by atoms with van der Waals surface area (Å²) >= 11 is 4.32. The maximum absolute atomic E-state index is 10.7. The van der Waals surface area contributed by atoms with Gasteiger partial charge in [0.2, 0.25) is 5.82 Å². The highest BCUT2D eigenvalue weighted by atomic mass is 127. The number of aromatic carboxylic acids is 1. The summed E-state index contributed by atoms with van der Waals surface area (Å²) in [5.41, 5.74) is 1.47. The quantitative estimate of drug-likeness (QED) is 0.706. The van der Waals surface area contributed by atoms with Crippen LogP contribution in [-0.2, 0) is 0 Å². The minimum Gasteiger partial charge on any atom is -0.475 e. The van der Waals surface area contributed by atoms with E-state index in [-0.39, 0.29) is 5.82 Å². The number of aromatic nitrogens is 2. The number of hydrogen-bond donors (Lipinski definition) is 2. The second-order valence-electron chi connectivity index (χ2n) is 2.67. The molecule has 0 aliphatic heterocycles. The van der Waals surface area contributed by atoms with Gasteiger partial charge in [-0.25, -0.2) is 9.78 Å². The molecule has 0 atom stereocenters. The normalized spacial score (nSPS) is 10.7. The molecule has 2 aromatic rings. The number of carboxylic acid groups (broad SMARTS) is 1. The van der Waals surface area contributed by atoms with Crippen molar-refractivity contribution in [2.75, 3.05) is 0 Å². The monoisotopic (exact) mass is 414 g/mol. The molecule has 0 aliphatic rings. The second kappa shape index (κ2) is 3.65. The largest absolute Gasteiger partial charge is 0.475 e. The van der Waals surface area contributed by atoms with E-state index >= 15 is 0 Å². The van der Waals surface area contributed by atoms with Crippen LogP contribution in [0.5, 0.6) is 0 Å². The van der Waals surface area contributed by atoms with Crippen molar-refractivity contribution < 1.29 is 9.90 Å². The Kier molecular flexibility index (Phi) is 2.64. The molecule has 1 heterocycles. The standard InChI is InChI=1S/C8H4I2N2O2/c9-3-1-4(10)6-5(2-3)11-7(12-6)8(13)14/h1-2H,(H,11,12)(H,13,14). The molecule has 0 saturated carbocycles. The lowest BCUT2D eigenvalue weighted by Gasteiger charge is -1.93. The molecule has 0 amide bonds. The summed E-state index contributed by atoms with van der Waals surface area (Å²) in [5, 5.41) is 8.75. The topological polar surface area (TPSA) is 66.0 Å². The van der Waals surface area contributed by atoms with Gasteiger partial charge in [0.05, 0.1) is 5.52 Å². The molecule has 0 bridgehead atoms. The van der Waals surface area contributed by atoms with Crippen LogP contribution in [0.25, 0.3) is 11.0 Å². The van der Waals surface area contributed by atoms with Crippen LogP contribution >= 0.6 is 45.2 Å². The van der Waals surface area contributed by atoms with Crippen molar-refractivity contribution in [2.24, 2.45) is 0 Å². The molecule has 0 unspecified atom stereocenters. The SMILES string of the molecule is O=C(O)c1nc2c(I)cc(I)cc2[nH]1. The molecule has 72 valence electrons. The van der Waals surface area contributed by atoms with Gasteiger partial charge in [0.1, 0.15) is 5.52 Å². The van der Waals surface area contributed by atoms with Gasteiger partial charge in [0.15, 0.2) is 0 Å². The summed E-state index contributed by atoms with van der Waals surface area (Å²) in [6.45, 7) is 0. The van der Waals surface area contributed by atoms with E-state index in [1.54, 1.807) is 0 Å². The molecule has 4 nitrogen and oxygen atoms in total. The van der Waals surface area contributed by atoms with Crippen LogP contribution in [0, 0.1) is 7.14 Å². The number of carboxylic acids is 1. The van der Waals surface area contributed by atoms with Crippen LogP contribution in [0.3, 0.4) is 0 Å². The average molecular weight is 414 g/mol. The fourth-order valence-corrected chi connectivity index (χ4v) is 3.11. The zero-order chi connectivity index (χ0) is 10.3. The molecule has 1 aromatic carbocycles. The van der Waals surface area contributed by atoms with Gasteiger partial charge < -0.3 is 10.1 Å². The van der Waals surface area contributed by atoms with Gasteiger partial charge >= 0.3 is 5.97 Å². The summed E-state index contributed by atoms with van der Waals surface area (Å²) in [4.78, 5) is 17.4. The van der Waals surface area contributed by atoms with Gasteiger partial charge in [0.25, 0.3) is 0 Å². The first-order valence-electron chi connectivity index (χ1n) is 3.66. The lowest BCUT2D eigenvalue weighted by molar-refractivity contribution is 0.0685. The van der Waals surface area contributed by atoms with E-state index in [2.05, 4.69) is 55.1 Å². The highest BCUT2D eigenvalue weighted by Crippen LogP contribution is 2.21. The van der Waals surface area contributed by atoms with Gasteiger partial charge in [-0.3, -0.25) is 0 Å². The summed E-state index contributed by atoms with van der Waals surface area (Å²) in [7, 11) is 0. The highest BCUT2D eigenvalue weighted by molar-refractivity contribution is 14.1. The van der Waals surface area contributed by atoms with Gasteiger partial charge in [-0.2, -0.15) is 0 Å². The molecule has 2 N–H and O–H groups in total. The number of fused-ring (bicyclic) bond motifs is 1. The van der Waals surface area contributed by atoms with E-state index < -0.39 is 5.97 Å². The van der Waals surface area contributed by atoms with Crippen LogP contribution in [0.15, 0.2) is 12.1 Å².